The summed E-state index contributed by atoms with van der Waals surface area (Å²) >= 11 is 1.48. The van der Waals surface area contributed by atoms with Gasteiger partial charge in [0.25, 0.3) is 11.7 Å². The van der Waals surface area contributed by atoms with Crippen molar-refractivity contribution in [3.63, 3.8) is 0 Å². The van der Waals surface area contributed by atoms with Gasteiger partial charge < -0.3 is 19.6 Å². The lowest BCUT2D eigenvalue weighted by Gasteiger charge is -2.27. The van der Waals surface area contributed by atoms with E-state index in [-0.39, 0.29) is 11.3 Å². The Hall–Kier alpha value is -2.64. The first-order valence-electron chi connectivity index (χ1n) is 11.6. The molecule has 0 aliphatic carbocycles. The van der Waals surface area contributed by atoms with Gasteiger partial charge in [-0.15, -0.1) is 11.3 Å². The van der Waals surface area contributed by atoms with Gasteiger partial charge in [0.05, 0.1) is 18.2 Å². The van der Waals surface area contributed by atoms with E-state index in [9.17, 15) is 14.7 Å². The van der Waals surface area contributed by atoms with E-state index in [1.807, 2.05) is 30.5 Å². The second-order valence-electron chi connectivity index (χ2n) is 8.72. The van der Waals surface area contributed by atoms with E-state index < -0.39 is 17.7 Å². The van der Waals surface area contributed by atoms with Gasteiger partial charge in [-0.1, -0.05) is 33.8 Å². The van der Waals surface area contributed by atoms with E-state index in [1.165, 1.54) is 11.3 Å². The fraction of sp³-hybridized carbons (Fsp3) is 0.462. The molecular formula is C26H34N2O4S. The third-order valence-corrected chi connectivity index (χ3v) is 6.87. The van der Waals surface area contributed by atoms with E-state index in [0.29, 0.717) is 36.9 Å². The standard InChI is InChI=1S/C26H34N2O4S/c1-6-27(7-2)12-13-28-23(21-9-8-14-33-21)22(25(30)26(28)31)24(29)20-11-10-19(15-18(20)5)32-16-17(3)4/h8-11,14-15,17,23,29H,6-7,12-13,16H2,1-5H3/b24-22+/t23-/m1/s1. The van der Waals surface area contributed by atoms with E-state index >= 15 is 0 Å². The zero-order valence-corrected chi connectivity index (χ0v) is 20.9. The van der Waals surface area contributed by atoms with Crippen molar-refractivity contribution in [2.45, 2.75) is 40.7 Å². The number of ether oxygens (including phenoxy) is 1. The lowest BCUT2D eigenvalue weighted by Crippen LogP contribution is -2.37. The summed E-state index contributed by atoms with van der Waals surface area (Å²) in [4.78, 5) is 30.8. The van der Waals surface area contributed by atoms with Gasteiger partial charge in [0, 0.05) is 23.5 Å². The molecule has 3 rings (SSSR count). The summed E-state index contributed by atoms with van der Waals surface area (Å²) in [6, 6.07) is 8.63. The van der Waals surface area contributed by atoms with Crippen molar-refractivity contribution in [1.82, 2.24) is 9.80 Å². The van der Waals surface area contributed by atoms with Crippen LogP contribution in [0.5, 0.6) is 5.75 Å². The van der Waals surface area contributed by atoms with Crippen LogP contribution in [0.2, 0.25) is 0 Å². The SMILES string of the molecule is CCN(CC)CCN1C(=O)C(=O)/C(=C(/O)c2ccc(OCC(C)C)cc2C)[C@H]1c1cccs1. The Balaban J connectivity index is 2.00. The van der Waals surface area contributed by atoms with Crippen molar-refractivity contribution in [3.05, 3.63) is 57.3 Å². The number of carbonyl (C=O) groups excluding carboxylic acids is 2. The van der Waals surface area contributed by atoms with Crippen molar-refractivity contribution >= 4 is 28.8 Å². The third kappa shape index (κ3) is 5.47. The molecule has 2 heterocycles. The number of benzene rings is 1. The lowest BCUT2D eigenvalue weighted by atomic mass is 9.97. The normalized spacial score (nSPS) is 18.0. The summed E-state index contributed by atoms with van der Waals surface area (Å²) in [7, 11) is 0. The molecule has 1 fully saturated rings. The number of aryl methyl sites for hydroxylation is 1. The molecule has 1 atom stereocenters. The first-order valence-corrected chi connectivity index (χ1v) is 12.4. The highest BCUT2D eigenvalue weighted by Crippen LogP contribution is 2.41. The van der Waals surface area contributed by atoms with Crippen LogP contribution >= 0.6 is 11.3 Å². The van der Waals surface area contributed by atoms with E-state index in [4.69, 9.17) is 4.74 Å². The van der Waals surface area contributed by atoms with Crippen LogP contribution in [0.25, 0.3) is 5.76 Å². The van der Waals surface area contributed by atoms with Gasteiger partial charge in [-0.25, -0.2) is 0 Å². The van der Waals surface area contributed by atoms with E-state index in [0.717, 1.165) is 23.5 Å². The molecule has 1 aliphatic heterocycles. The van der Waals surface area contributed by atoms with Crippen LogP contribution in [0.1, 0.15) is 49.7 Å². The van der Waals surface area contributed by atoms with Crippen LogP contribution in [0, 0.1) is 12.8 Å². The molecule has 0 radical (unpaired) electrons. The van der Waals surface area contributed by atoms with Crippen molar-refractivity contribution in [1.29, 1.82) is 0 Å². The number of hydrogen-bond donors (Lipinski definition) is 1. The van der Waals surface area contributed by atoms with Gasteiger partial charge in [-0.3, -0.25) is 9.59 Å². The number of hydrogen-bond acceptors (Lipinski definition) is 6. The van der Waals surface area contributed by atoms with Gasteiger partial charge in [0.2, 0.25) is 0 Å². The Bertz CT molecular complexity index is 1010. The number of thiophene rings is 1. The highest BCUT2D eigenvalue weighted by atomic mass is 32.1. The predicted molar refractivity (Wildman–Crippen MR) is 133 cm³/mol. The number of likely N-dealkylation sites (tertiary alicyclic amines) is 1. The molecule has 1 aliphatic rings. The number of aliphatic hydroxyl groups excluding tert-OH is 1. The second-order valence-corrected chi connectivity index (χ2v) is 9.70. The Morgan fingerprint density at radius 2 is 1.94 bits per heavy atom. The topological polar surface area (TPSA) is 70.1 Å². The van der Waals surface area contributed by atoms with Crippen molar-refractivity contribution in [2.75, 3.05) is 32.8 Å². The highest BCUT2D eigenvalue weighted by molar-refractivity contribution is 7.10. The molecule has 1 saturated heterocycles. The number of rotatable bonds is 10. The molecule has 0 saturated carbocycles. The Morgan fingerprint density at radius 3 is 2.52 bits per heavy atom. The number of nitrogens with zero attached hydrogens (tertiary/aromatic N) is 2. The number of Topliss-reactive ketones (excluding diaryl/α,β-unsaturated/α-hetero) is 1. The second kappa shape index (κ2) is 11.0. The molecule has 1 amide bonds. The average molecular weight is 471 g/mol. The predicted octanol–water partition coefficient (Wildman–Crippen LogP) is 4.85. The molecule has 0 spiro atoms. The van der Waals surface area contributed by atoms with Gasteiger partial charge in [-0.2, -0.15) is 0 Å². The Kier molecular flexibility index (Phi) is 8.32. The Morgan fingerprint density at radius 1 is 1.21 bits per heavy atom. The van der Waals surface area contributed by atoms with Crippen LogP contribution in [0.15, 0.2) is 41.3 Å². The number of aliphatic hydroxyl groups is 1. The minimum absolute atomic E-state index is 0.134. The summed E-state index contributed by atoms with van der Waals surface area (Å²) in [6.45, 7) is 13.6. The van der Waals surface area contributed by atoms with Crippen LogP contribution in [-0.4, -0.2) is 59.4 Å². The van der Waals surface area contributed by atoms with Crippen molar-refractivity contribution < 1.29 is 19.4 Å². The first-order chi connectivity index (χ1) is 15.8. The molecule has 0 bridgehead atoms. The summed E-state index contributed by atoms with van der Waals surface area (Å²) in [5.41, 5.74) is 1.48. The largest absolute Gasteiger partial charge is 0.507 e. The van der Waals surface area contributed by atoms with Crippen molar-refractivity contribution in [3.8, 4) is 5.75 Å². The first kappa shape index (κ1) is 25.0. The van der Waals surface area contributed by atoms with Gasteiger partial charge in [-0.05, 0) is 61.1 Å². The fourth-order valence-electron chi connectivity index (χ4n) is 4.04. The smallest absolute Gasteiger partial charge is 0.295 e. The summed E-state index contributed by atoms with van der Waals surface area (Å²) in [5, 5.41) is 13.2. The third-order valence-electron chi connectivity index (χ3n) is 5.94. The molecule has 2 aromatic rings. The molecule has 6 nitrogen and oxygen atoms in total. The van der Waals surface area contributed by atoms with Crippen LogP contribution in [0.3, 0.4) is 0 Å². The minimum atomic E-state index is -0.634. The summed E-state index contributed by atoms with van der Waals surface area (Å²) in [5.74, 6) is -0.213. The number of ketones is 1. The van der Waals surface area contributed by atoms with Crippen molar-refractivity contribution in [2.24, 2.45) is 5.92 Å². The highest BCUT2D eigenvalue weighted by Gasteiger charge is 2.46. The lowest BCUT2D eigenvalue weighted by molar-refractivity contribution is -0.140. The zero-order valence-electron chi connectivity index (χ0n) is 20.1. The molecule has 178 valence electrons. The van der Waals surface area contributed by atoms with Crippen LogP contribution in [0.4, 0.5) is 0 Å². The number of likely N-dealkylation sites (N-methyl/N-ethyl adjacent to an activating group) is 1. The van der Waals surface area contributed by atoms with Crippen LogP contribution in [-0.2, 0) is 9.59 Å². The fourth-order valence-corrected chi connectivity index (χ4v) is 4.89. The number of carbonyl (C=O) groups is 2. The molecule has 1 N–H and O–H groups in total. The minimum Gasteiger partial charge on any atom is -0.507 e. The van der Waals surface area contributed by atoms with Gasteiger partial charge in [0.1, 0.15) is 11.5 Å². The molecule has 7 heteroatoms. The van der Waals surface area contributed by atoms with Gasteiger partial charge in [0.15, 0.2) is 0 Å². The van der Waals surface area contributed by atoms with Gasteiger partial charge >= 0.3 is 0 Å². The summed E-state index contributed by atoms with van der Waals surface area (Å²) in [6.07, 6.45) is 0. The number of amides is 1. The van der Waals surface area contributed by atoms with Crippen LogP contribution < -0.4 is 4.74 Å². The quantitative estimate of drug-likeness (QED) is 0.305. The maximum absolute atomic E-state index is 13.1. The summed E-state index contributed by atoms with van der Waals surface area (Å²) < 4.78 is 5.79. The Labute approximate surface area is 200 Å². The van der Waals surface area contributed by atoms with E-state index in [2.05, 4.69) is 32.6 Å². The monoisotopic (exact) mass is 470 g/mol. The zero-order chi connectivity index (χ0) is 24.1. The maximum atomic E-state index is 13.1. The maximum Gasteiger partial charge on any atom is 0.295 e. The molecule has 1 aromatic heterocycles. The molecular weight excluding hydrogens is 436 g/mol. The van der Waals surface area contributed by atoms with E-state index in [1.54, 1.807) is 17.0 Å². The molecule has 33 heavy (non-hydrogen) atoms. The molecule has 0 unspecified atom stereocenters. The molecule has 1 aromatic carbocycles. The average Bonchev–Trinajstić information content (AvgIpc) is 3.40.